The zero-order chi connectivity index (χ0) is 12.5. The summed E-state index contributed by atoms with van der Waals surface area (Å²) in [4.78, 5) is 4.69. The average molecular weight is 425 g/mol. The second-order valence-electron chi connectivity index (χ2n) is 4.68. The number of pyridine rings is 1. The Morgan fingerprint density at radius 1 is 0.947 bits per heavy atom. The van der Waals surface area contributed by atoms with Crippen molar-refractivity contribution >= 4 is 10.9 Å². The molecule has 0 saturated heterocycles. The first-order valence-electron chi connectivity index (χ1n) is 6.08. The molecule has 1 aromatic heterocycles. The van der Waals surface area contributed by atoms with Crippen LogP contribution in [0.3, 0.4) is 0 Å². The Hall–Kier alpha value is -1.50. The average Bonchev–Trinajstić information content (AvgIpc) is 2.38. The fraction of sp³-hybridized carbons (Fsp3) is 0.118. The molecule has 0 saturated carbocycles. The number of nitrogens with zero attached hydrogens (tertiary/aromatic N) is 1. The van der Waals surface area contributed by atoms with E-state index in [0.29, 0.717) is 0 Å². The van der Waals surface area contributed by atoms with Crippen LogP contribution in [-0.2, 0) is 20.1 Å². The molecule has 0 spiro atoms. The quantitative estimate of drug-likeness (QED) is 0.531. The zero-order valence-electron chi connectivity index (χ0n) is 10.9. The number of aromatic nitrogens is 1. The van der Waals surface area contributed by atoms with Crippen LogP contribution in [0.4, 0.5) is 0 Å². The molecule has 19 heavy (non-hydrogen) atoms. The van der Waals surface area contributed by atoms with Crippen molar-refractivity contribution in [2.45, 2.75) is 13.8 Å². The topological polar surface area (TPSA) is 12.9 Å². The molecular weight excluding hydrogens is 410 g/mol. The summed E-state index contributed by atoms with van der Waals surface area (Å²) >= 11 is 0. The Balaban J connectivity index is 0.00000133. The van der Waals surface area contributed by atoms with Crippen LogP contribution >= 0.6 is 0 Å². The summed E-state index contributed by atoms with van der Waals surface area (Å²) in [5, 5.41) is 1.14. The van der Waals surface area contributed by atoms with Crippen LogP contribution in [0.25, 0.3) is 22.2 Å². The van der Waals surface area contributed by atoms with Gasteiger partial charge < -0.3 is 0 Å². The summed E-state index contributed by atoms with van der Waals surface area (Å²) in [7, 11) is 0. The minimum atomic E-state index is 0. The fourth-order valence-corrected chi connectivity index (χ4v) is 2.11. The minimum absolute atomic E-state index is 0. The molecule has 2 heteroatoms. The van der Waals surface area contributed by atoms with Gasteiger partial charge in [-0.1, -0.05) is 40.3 Å². The van der Waals surface area contributed by atoms with E-state index in [1.54, 1.807) is 0 Å². The second-order valence-corrected chi connectivity index (χ2v) is 4.68. The van der Waals surface area contributed by atoms with Crippen molar-refractivity contribution in [2.24, 2.45) is 0 Å². The minimum Gasteiger partial charge on any atom is -0.288 e. The van der Waals surface area contributed by atoms with Crippen molar-refractivity contribution in [3.05, 3.63) is 65.7 Å². The van der Waals surface area contributed by atoms with Gasteiger partial charge in [0.25, 0.3) is 0 Å². The van der Waals surface area contributed by atoms with E-state index in [0.717, 1.165) is 22.2 Å². The van der Waals surface area contributed by atoms with Crippen LogP contribution in [0.5, 0.6) is 0 Å². The predicted molar refractivity (Wildman–Crippen MR) is 75.5 cm³/mol. The maximum atomic E-state index is 4.69. The smallest absolute Gasteiger partial charge is 0.0146 e. The Morgan fingerprint density at radius 2 is 1.74 bits per heavy atom. The largest absolute Gasteiger partial charge is 0.288 e. The SMILES string of the molecule is Cc1cccc(-c2[c-]cc3ccc(C)cc3n2)c1.[Ir]. The molecule has 2 aromatic carbocycles. The summed E-state index contributed by atoms with van der Waals surface area (Å²) in [6.07, 6.45) is 0. The van der Waals surface area contributed by atoms with E-state index < -0.39 is 0 Å². The maximum absolute atomic E-state index is 4.69. The third-order valence-corrected chi connectivity index (χ3v) is 3.07. The van der Waals surface area contributed by atoms with Gasteiger partial charge >= 0.3 is 0 Å². The molecule has 0 aliphatic heterocycles. The van der Waals surface area contributed by atoms with Crippen molar-refractivity contribution < 1.29 is 20.1 Å². The van der Waals surface area contributed by atoms with Crippen LogP contribution in [0.15, 0.2) is 48.5 Å². The summed E-state index contributed by atoms with van der Waals surface area (Å²) in [5.41, 5.74) is 5.55. The van der Waals surface area contributed by atoms with Gasteiger partial charge in [-0.25, -0.2) is 0 Å². The molecule has 0 amide bonds. The molecule has 0 unspecified atom stereocenters. The zero-order valence-corrected chi connectivity index (χ0v) is 13.3. The van der Waals surface area contributed by atoms with Gasteiger partial charge in [0.2, 0.25) is 0 Å². The Kier molecular flexibility index (Phi) is 4.14. The van der Waals surface area contributed by atoms with Gasteiger partial charge in [0.15, 0.2) is 0 Å². The maximum Gasteiger partial charge on any atom is 0.0146 e. The number of fused-ring (bicyclic) bond motifs is 1. The molecule has 0 fully saturated rings. The normalized spacial score (nSPS) is 10.2. The van der Waals surface area contributed by atoms with E-state index in [4.69, 9.17) is 4.98 Å². The Morgan fingerprint density at radius 3 is 2.53 bits per heavy atom. The number of aryl methyl sites for hydroxylation is 2. The molecule has 0 aliphatic carbocycles. The van der Waals surface area contributed by atoms with E-state index in [1.807, 2.05) is 6.07 Å². The molecule has 97 valence electrons. The molecule has 0 aliphatic rings. The first-order chi connectivity index (χ1) is 8.72. The van der Waals surface area contributed by atoms with Gasteiger partial charge in [-0.05, 0) is 25.6 Å². The molecule has 3 aromatic rings. The molecule has 0 N–H and O–H groups in total. The Bertz CT molecular complexity index is 719. The van der Waals surface area contributed by atoms with Crippen molar-refractivity contribution in [1.82, 2.24) is 4.98 Å². The molecule has 1 radical (unpaired) electrons. The van der Waals surface area contributed by atoms with E-state index in [1.165, 1.54) is 11.1 Å². The van der Waals surface area contributed by atoms with Crippen LogP contribution in [0.2, 0.25) is 0 Å². The summed E-state index contributed by atoms with van der Waals surface area (Å²) in [6.45, 7) is 4.18. The molecule has 1 heterocycles. The number of rotatable bonds is 1. The van der Waals surface area contributed by atoms with E-state index in [2.05, 4.69) is 62.4 Å². The third-order valence-electron chi connectivity index (χ3n) is 3.07. The van der Waals surface area contributed by atoms with E-state index >= 15 is 0 Å². The van der Waals surface area contributed by atoms with Crippen molar-refractivity contribution in [1.29, 1.82) is 0 Å². The first-order valence-corrected chi connectivity index (χ1v) is 6.08. The van der Waals surface area contributed by atoms with Crippen LogP contribution in [0.1, 0.15) is 11.1 Å². The fourth-order valence-electron chi connectivity index (χ4n) is 2.11. The van der Waals surface area contributed by atoms with Crippen LogP contribution in [-0.4, -0.2) is 4.98 Å². The van der Waals surface area contributed by atoms with Crippen LogP contribution in [0, 0.1) is 19.9 Å². The predicted octanol–water partition coefficient (Wildman–Crippen LogP) is 4.32. The van der Waals surface area contributed by atoms with Gasteiger partial charge in [-0.2, -0.15) is 12.1 Å². The van der Waals surface area contributed by atoms with Crippen molar-refractivity contribution in [3.63, 3.8) is 0 Å². The molecular formula is C17H14IrN-. The van der Waals surface area contributed by atoms with Gasteiger partial charge in [-0.15, -0.1) is 18.2 Å². The molecule has 3 rings (SSSR count). The van der Waals surface area contributed by atoms with Crippen molar-refractivity contribution in [3.8, 4) is 11.3 Å². The van der Waals surface area contributed by atoms with Gasteiger partial charge in [0.1, 0.15) is 0 Å². The van der Waals surface area contributed by atoms with E-state index in [-0.39, 0.29) is 20.1 Å². The summed E-state index contributed by atoms with van der Waals surface area (Å²) in [5.74, 6) is 0. The van der Waals surface area contributed by atoms with E-state index in [9.17, 15) is 0 Å². The van der Waals surface area contributed by atoms with Gasteiger partial charge in [-0.3, -0.25) is 4.98 Å². The number of benzene rings is 2. The summed E-state index contributed by atoms with van der Waals surface area (Å²) in [6, 6.07) is 19.9. The van der Waals surface area contributed by atoms with Crippen molar-refractivity contribution in [2.75, 3.05) is 0 Å². The number of hydrogen-bond donors (Lipinski definition) is 0. The van der Waals surface area contributed by atoms with Crippen LogP contribution < -0.4 is 0 Å². The molecule has 0 atom stereocenters. The standard InChI is InChI=1S/C17H14N.Ir/c1-12-4-3-5-15(10-12)16-9-8-14-7-6-13(2)11-17(14)18-16;/h3-8,10-11H,1-2H3;/q-1;. The molecule has 0 bridgehead atoms. The van der Waals surface area contributed by atoms with Gasteiger partial charge in [0.05, 0.1) is 0 Å². The number of hydrogen-bond acceptors (Lipinski definition) is 1. The van der Waals surface area contributed by atoms with Gasteiger partial charge in [0, 0.05) is 25.6 Å². The monoisotopic (exact) mass is 425 g/mol. The molecule has 1 nitrogen and oxygen atoms in total. The summed E-state index contributed by atoms with van der Waals surface area (Å²) < 4.78 is 0. The first kappa shape index (κ1) is 13.9. The second kappa shape index (κ2) is 5.64. The third kappa shape index (κ3) is 2.91. The Labute approximate surface area is 127 Å².